The number of carbonyl (C=O) groups is 2. The smallest absolute Gasteiger partial charge is 0.352 e. The van der Waals surface area contributed by atoms with Crippen molar-refractivity contribution in [3.8, 4) is 0 Å². The number of benzene rings is 2. The van der Waals surface area contributed by atoms with E-state index in [0.29, 0.717) is 5.56 Å². The van der Waals surface area contributed by atoms with Crippen molar-refractivity contribution >= 4 is 17.5 Å². The molecule has 2 amide bonds. The van der Waals surface area contributed by atoms with Gasteiger partial charge in [-0.05, 0) is 24.3 Å². The average molecular weight is 336 g/mol. The van der Waals surface area contributed by atoms with E-state index in [2.05, 4.69) is 10.6 Å². The summed E-state index contributed by atoms with van der Waals surface area (Å²) in [5.41, 5.74) is -0.767. The van der Waals surface area contributed by atoms with E-state index in [9.17, 15) is 22.8 Å². The third kappa shape index (κ3) is 4.84. The summed E-state index contributed by atoms with van der Waals surface area (Å²) in [5.74, 6) is -0.959. The van der Waals surface area contributed by atoms with Gasteiger partial charge in [-0.25, -0.2) is 0 Å². The maximum Gasteiger partial charge on any atom is 0.418 e. The van der Waals surface area contributed by atoms with Gasteiger partial charge in [0.2, 0.25) is 5.91 Å². The third-order valence-electron chi connectivity index (χ3n) is 3.18. The molecule has 2 aromatic rings. The van der Waals surface area contributed by atoms with Gasteiger partial charge >= 0.3 is 6.18 Å². The van der Waals surface area contributed by atoms with E-state index in [1.165, 1.54) is 18.2 Å². The zero-order chi connectivity index (χ0) is 17.6. The molecule has 0 fully saturated rings. The van der Waals surface area contributed by atoms with Gasteiger partial charge in [0.1, 0.15) is 0 Å². The van der Waals surface area contributed by atoms with E-state index >= 15 is 0 Å². The molecule has 2 N–H and O–H groups in total. The fraction of sp³-hybridized carbons (Fsp3) is 0.176. The molecule has 2 rings (SSSR count). The van der Waals surface area contributed by atoms with E-state index in [0.717, 1.165) is 6.07 Å². The Morgan fingerprint density at radius 1 is 0.917 bits per heavy atom. The molecule has 7 heteroatoms. The molecular weight excluding hydrogens is 321 g/mol. The molecule has 0 bridgehead atoms. The van der Waals surface area contributed by atoms with Gasteiger partial charge in [-0.15, -0.1) is 0 Å². The minimum atomic E-state index is -4.55. The van der Waals surface area contributed by atoms with Crippen molar-refractivity contribution in [2.24, 2.45) is 0 Å². The first-order valence-electron chi connectivity index (χ1n) is 7.17. The van der Waals surface area contributed by atoms with Gasteiger partial charge in [0.15, 0.2) is 0 Å². The maximum atomic E-state index is 12.8. The molecule has 0 unspecified atom stereocenters. The van der Waals surface area contributed by atoms with Crippen LogP contribution in [-0.2, 0) is 11.0 Å². The predicted octanol–water partition coefficient (Wildman–Crippen LogP) is 3.46. The van der Waals surface area contributed by atoms with Crippen LogP contribution in [0.5, 0.6) is 0 Å². The standard InChI is InChI=1S/C17H15F3N2O2/c18-17(19,20)13-8-4-5-9-14(13)22-15(23)10-11-21-16(24)12-6-2-1-3-7-12/h1-9H,10-11H2,(H,21,24)(H,22,23). The molecular formula is C17H15F3N2O2. The molecule has 2 aromatic carbocycles. The molecule has 0 spiro atoms. The highest BCUT2D eigenvalue weighted by Gasteiger charge is 2.33. The molecule has 0 aliphatic carbocycles. The molecule has 0 aliphatic rings. The van der Waals surface area contributed by atoms with Crippen molar-refractivity contribution in [2.75, 3.05) is 11.9 Å². The van der Waals surface area contributed by atoms with Gasteiger partial charge < -0.3 is 10.6 Å². The van der Waals surface area contributed by atoms with Crippen LogP contribution in [0.4, 0.5) is 18.9 Å². The number of halogens is 3. The minimum Gasteiger partial charge on any atom is -0.352 e. The first-order valence-corrected chi connectivity index (χ1v) is 7.17. The number of anilines is 1. The Labute approximate surface area is 136 Å². The van der Waals surface area contributed by atoms with Crippen LogP contribution in [0.1, 0.15) is 22.3 Å². The summed E-state index contributed by atoms with van der Waals surface area (Å²) in [7, 11) is 0. The first kappa shape index (κ1) is 17.5. The number of amides is 2. The molecule has 4 nitrogen and oxygen atoms in total. The number of nitrogens with one attached hydrogen (secondary N) is 2. The second-order valence-electron chi connectivity index (χ2n) is 4.96. The number of hydrogen-bond donors (Lipinski definition) is 2. The van der Waals surface area contributed by atoms with Gasteiger partial charge in [0.25, 0.3) is 5.91 Å². The van der Waals surface area contributed by atoms with Crippen LogP contribution < -0.4 is 10.6 Å². The Morgan fingerprint density at radius 3 is 2.21 bits per heavy atom. The third-order valence-corrected chi connectivity index (χ3v) is 3.18. The number of hydrogen-bond acceptors (Lipinski definition) is 2. The highest BCUT2D eigenvalue weighted by molar-refractivity contribution is 5.95. The fourth-order valence-electron chi connectivity index (χ4n) is 2.03. The molecule has 0 heterocycles. The van der Waals surface area contributed by atoms with Gasteiger partial charge in [0.05, 0.1) is 11.3 Å². The SMILES string of the molecule is O=C(CCNC(=O)c1ccccc1)Nc1ccccc1C(F)(F)F. The molecule has 0 aliphatic heterocycles. The minimum absolute atomic E-state index is 0.0216. The van der Waals surface area contributed by atoms with Gasteiger partial charge in [-0.3, -0.25) is 9.59 Å². The van der Waals surface area contributed by atoms with Crippen LogP contribution in [0.15, 0.2) is 54.6 Å². The molecule has 0 aromatic heterocycles. The lowest BCUT2D eigenvalue weighted by Crippen LogP contribution is -2.28. The second-order valence-corrected chi connectivity index (χ2v) is 4.96. The summed E-state index contributed by atoms with van der Waals surface area (Å²) in [5, 5.41) is 4.76. The normalized spacial score (nSPS) is 11.0. The Bertz CT molecular complexity index is 715. The van der Waals surface area contributed by atoms with E-state index in [1.54, 1.807) is 30.3 Å². The number of alkyl halides is 3. The largest absolute Gasteiger partial charge is 0.418 e. The van der Waals surface area contributed by atoms with E-state index in [-0.39, 0.29) is 24.6 Å². The number of carbonyl (C=O) groups excluding carboxylic acids is 2. The van der Waals surface area contributed by atoms with Gasteiger partial charge in [-0.1, -0.05) is 30.3 Å². The van der Waals surface area contributed by atoms with Crippen LogP contribution in [0.2, 0.25) is 0 Å². The summed E-state index contributed by atoms with van der Waals surface area (Å²) in [6, 6.07) is 13.1. The van der Waals surface area contributed by atoms with Crippen LogP contribution in [0.25, 0.3) is 0 Å². The van der Waals surface area contributed by atoms with Crippen molar-refractivity contribution in [1.82, 2.24) is 5.32 Å². The molecule has 0 atom stereocenters. The molecule has 0 saturated heterocycles. The fourth-order valence-corrected chi connectivity index (χ4v) is 2.03. The number of para-hydroxylation sites is 1. The summed E-state index contributed by atoms with van der Waals surface area (Å²) in [4.78, 5) is 23.6. The number of rotatable bonds is 5. The zero-order valence-electron chi connectivity index (χ0n) is 12.6. The van der Waals surface area contributed by atoms with E-state index in [1.807, 2.05) is 0 Å². The van der Waals surface area contributed by atoms with Crippen LogP contribution in [-0.4, -0.2) is 18.4 Å². The van der Waals surface area contributed by atoms with Crippen molar-refractivity contribution in [1.29, 1.82) is 0 Å². The van der Waals surface area contributed by atoms with Gasteiger partial charge in [-0.2, -0.15) is 13.2 Å². The summed E-state index contributed by atoms with van der Waals surface area (Å²) in [6.07, 6.45) is -4.68. The van der Waals surface area contributed by atoms with E-state index < -0.39 is 17.6 Å². The van der Waals surface area contributed by atoms with Gasteiger partial charge in [0, 0.05) is 18.5 Å². The quantitative estimate of drug-likeness (QED) is 0.878. The lowest BCUT2D eigenvalue weighted by Gasteiger charge is -2.13. The molecule has 0 saturated carbocycles. The monoisotopic (exact) mass is 336 g/mol. The Balaban J connectivity index is 1.88. The highest BCUT2D eigenvalue weighted by atomic mass is 19.4. The van der Waals surface area contributed by atoms with Crippen LogP contribution in [0, 0.1) is 0 Å². The zero-order valence-corrected chi connectivity index (χ0v) is 12.6. The van der Waals surface area contributed by atoms with Crippen molar-refractivity contribution in [2.45, 2.75) is 12.6 Å². The Kier molecular flexibility index (Phi) is 5.57. The average Bonchev–Trinajstić information content (AvgIpc) is 2.55. The predicted molar refractivity (Wildman–Crippen MR) is 83.5 cm³/mol. The molecule has 24 heavy (non-hydrogen) atoms. The van der Waals surface area contributed by atoms with Crippen molar-refractivity contribution < 1.29 is 22.8 Å². The second kappa shape index (κ2) is 7.63. The van der Waals surface area contributed by atoms with Crippen molar-refractivity contribution in [3.63, 3.8) is 0 Å². The maximum absolute atomic E-state index is 12.8. The topological polar surface area (TPSA) is 58.2 Å². The van der Waals surface area contributed by atoms with Crippen LogP contribution in [0.3, 0.4) is 0 Å². The lowest BCUT2D eigenvalue weighted by atomic mass is 10.1. The first-order chi connectivity index (χ1) is 11.4. The Morgan fingerprint density at radius 2 is 1.54 bits per heavy atom. The Hall–Kier alpha value is -2.83. The highest BCUT2D eigenvalue weighted by Crippen LogP contribution is 2.34. The van der Waals surface area contributed by atoms with Crippen LogP contribution >= 0.6 is 0 Å². The lowest BCUT2D eigenvalue weighted by molar-refractivity contribution is -0.137. The summed E-state index contributed by atoms with van der Waals surface area (Å²) in [6.45, 7) is 0.0216. The summed E-state index contributed by atoms with van der Waals surface area (Å²) < 4.78 is 38.5. The van der Waals surface area contributed by atoms with E-state index in [4.69, 9.17) is 0 Å². The van der Waals surface area contributed by atoms with Crippen molar-refractivity contribution in [3.05, 3.63) is 65.7 Å². The molecule has 0 radical (unpaired) electrons. The summed E-state index contributed by atoms with van der Waals surface area (Å²) >= 11 is 0. The molecule has 126 valence electrons.